The fourth-order valence-corrected chi connectivity index (χ4v) is 7.61. The minimum absolute atomic E-state index is 0.0446. The number of hydrogen-bond acceptors (Lipinski definition) is 4. The van der Waals surface area contributed by atoms with Gasteiger partial charge < -0.3 is 21.1 Å². The normalized spacial score (nSPS) is 28.1. The zero-order chi connectivity index (χ0) is 30.7. The Morgan fingerprint density at radius 3 is 1.68 bits per heavy atom. The van der Waals surface area contributed by atoms with Crippen LogP contribution in [-0.4, -0.2) is 46.6 Å². The van der Waals surface area contributed by atoms with Crippen molar-refractivity contribution in [1.82, 2.24) is 16.0 Å². The molecule has 5 atom stereocenters. The van der Waals surface area contributed by atoms with Gasteiger partial charge in [-0.15, -0.1) is 0 Å². The monoisotopic (exact) mass is 577 g/mol. The van der Waals surface area contributed by atoms with E-state index in [1.165, 1.54) is 83.5 Å². The Labute approximate surface area is 251 Å². The van der Waals surface area contributed by atoms with Crippen LogP contribution in [0.5, 0.6) is 0 Å². The SMILES string of the molecule is CC[C@H](NC(=O)[C@H](C)NC(=O)[C@@H](NC1(CC2(C)CCC(C)(CC)C2)CCCCCCCCCCC1)C(C)C)C(=O)O. The van der Waals surface area contributed by atoms with Crippen LogP contribution in [0.25, 0.3) is 0 Å². The lowest BCUT2D eigenvalue weighted by atomic mass is 9.69. The molecule has 0 spiro atoms. The van der Waals surface area contributed by atoms with Crippen molar-refractivity contribution in [2.24, 2.45) is 16.7 Å². The summed E-state index contributed by atoms with van der Waals surface area (Å²) in [5.74, 6) is -1.66. The van der Waals surface area contributed by atoms with Gasteiger partial charge in [-0.25, -0.2) is 4.79 Å². The van der Waals surface area contributed by atoms with Gasteiger partial charge in [-0.1, -0.05) is 106 Å². The molecule has 238 valence electrons. The summed E-state index contributed by atoms with van der Waals surface area (Å²) in [6.45, 7) is 14.8. The summed E-state index contributed by atoms with van der Waals surface area (Å²) >= 11 is 0. The maximum Gasteiger partial charge on any atom is 0.326 e. The smallest absolute Gasteiger partial charge is 0.326 e. The summed E-state index contributed by atoms with van der Waals surface area (Å²) in [4.78, 5) is 38.0. The highest BCUT2D eigenvalue weighted by Crippen LogP contribution is 2.55. The first-order valence-electron chi connectivity index (χ1n) is 16.9. The van der Waals surface area contributed by atoms with Gasteiger partial charge in [0.2, 0.25) is 11.8 Å². The Morgan fingerprint density at radius 2 is 1.24 bits per heavy atom. The summed E-state index contributed by atoms with van der Waals surface area (Å²) < 4.78 is 0. The Bertz CT molecular complexity index is 834. The molecule has 2 rings (SSSR count). The second-order valence-electron chi connectivity index (χ2n) is 14.7. The largest absolute Gasteiger partial charge is 0.480 e. The molecule has 0 saturated heterocycles. The topological polar surface area (TPSA) is 108 Å². The van der Waals surface area contributed by atoms with Crippen LogP contribution < -0.4 is 16.0 Å². The summed E-state index contributed by atoms with van der Waals surface area (Å²) in [5.41, 5.74) is 0.512. The van der Waals surface area contributed by atoms with Gasteiger partial charge in [0, 0.05) is 5.54 Å². The summed E-state index contributed by atoms with van der Waals surface area (Å²) in [6.07, 6.45) is 19.9. The molecule has 2 aliphatic carbocycles. The van der Waals surface area contributed by atoms with Gasteiger partial charge in [-0.2, -0.15) is 0 Å². The van der Waals surface area contributed by atoms with Crippen molar-refractivity contribution >= 4 is 17.8 Å². The Kier molecular flexibility index (Phi) is 14.1. The number of nitrogens with one attached hydrogen (secondary N) is 3. The van der Waals surface area contributed by atoms with Crippen molar-refractivity contribution in [1.29, 1.82) is 0 Å². The lowest BCUT2D eigenvalue weighted by molar-refractivity contribution is -0.142. The van der Waals surface area contributed by atoms with Crippen LogP contribution in [0.3, 0.4) is 0 Å². The van der Waals surface area contributed by atoms with Gasteiger partial charge in [0.1, 0.15) is 12.1 Å². The van der Waals surface area contributed by atoms with E-state index in [1.807, 2.05) is 0 Å². The number of carboxylic acid groups (broad SMARTS) is 1. The van der Waals surface area contributed by atoms with Crippen molar-refractivity contribution in [2.75, 3.05) is 0 Å². The molecule has 4 N–H and O–H groups in total. The predicted octanol–water partition coefficient (Wildman–Crippen LogP) is 7.12. The highest BCUT2D eigenvalue weighted by atomic mass is 16.4. The second-order valence-corrected chi connectivity index (χ2v) is 14.7. The van der Waals surface area contributed by atoms with Crippen molar-refractivity contribution in [3.05, 3.63) is 0 Å². The van der Waals surface area contributed by atoms with Crippen molar-refractivity contribution in [2.45, 2.75) is 181 Å². The standard InChI is InChI=1S/C34H63N3O4/c1-8-27(31(40)41)36-29(38)26(5)35-30(39)28(25(3)4)37-34(24-33(7)22-21-32(6,9-2)23-33)19-17-15-13-11-10-12-14-16-18-20-34/h25-28,37H,8-24H2,1-7H3,(H,35,39)(H,36,38)(H,40,41)/t26-,27-,28-,32?,33?/m0/s1. The van der Waals surface area contributed by atoms with Gasteiger partial charge in [0.05, 0.1) is 6.04 Å². The molecule has 0 heterocycles. The minimum atomic E-state index is -1.06. The molecule has 7 nitrogen and oxygen atoms in total. The molecule has 2 aliphatic rings. The van der Waals surface area contributed by atoms with Crippen molar-refractivity contribution < 1.29 is 19.5 Å². The zero-order valence-corrected chi connectivity index (χ0v) is 27.5. The lowest BCUT2D eigenvalue weighted by Crippen LogP contribution is -2.61. The lowest BCUT2D eigenvalue weighted by Gasteiger charge is -2.45. The molecule has 2 unspecified atom stereocenters. The molecule has 0 bridgehead atoms. The third kappa shape index (κ3) is 11.2. The van der Waals surface area contributed by atoms with E-state index in [2.05, 4.69) is 50.6 Å². The van der Waals surface area contributed by atoms with Gasteiger partial charge in [-0.3, -0.25) is 9.59 Å². The summed E-state index contributed by atoms with van der Waals surface area (Å²) in [5, 5.41) is 18.8. The Morgan fingerprint density at radius 1 is 0.732 bits per heavy atom. The van der Waals surface area contributed by atoms with E-state index in [9.17, 15) is 19.5 Å². The number of amides is 2. The Hall–Kier alpha value is -1.63. The van der Waals surface area contributed by atoms with E-state index in [0.717, 1.165) is 19.3 Å². The van der Waals surface area contributed by atoms with Gasteiger partial charge in [0.25, 0.3) is 0 Å². The first-order chi connectivity index (χ1) is 19.3. The van der Waals surface area contributed by atoms with E-state index in [0.29, 0.717) is 5.41 Å². The van der Waals surface area contributed by atoms with E-state index >= 15 is 0 Å². The molecule has 0 aromatic rings. The van der Waals surface area contributed by atoms with Crippen molar-refractivity contribution in [3.63, 3.8) is 0 Å². The first-order valence-corrected chi connectivity index (χ1v) is 16.9. The quantitative estimate of drug-likeness (QED) is 0.197. The summed E-state index contributed by atoms with van der Waals surface area (Å²) in [6, 6.07) is -2.20. The molecule has 2 saturated carbocycles. The van der Waals surface area contributed by atoms with Crippen LogP contribution in [0.2, 0.25) is 0 Å². The maximum atomic E-state index is 13.8. The fourth-order valence-electron chi connectivity index (χ4n) is 7.61. The number of carboxylic acids is 1. The van der Waals surface area contributed by atoms with Crippen LogP contribution in [0.4, 0.5) is 0 Å². The highest BCUT2D eigenvalue weighted by Gasteiger charge is 2.47. The molecule has 0 aromatic heterocycles. The number of rotatable bonds is 12. The minimum Gasteiger partial charge on any atom is -0.480 e. The number of carbonyl (C=O) groups excluding carboxylic acids is 2. The third-order valence-electron chi connectivity index (χ3n) is 10.3. The number of carbonyl (C=O) groups is 3. The molecule has 41 heavy (non-hydrogen) atoms. The molecule has 7 heteroatoms. The molecular formula is C34H63N3O4. The maximum absolute atomic E-state index is 13.8. The second kappa shape index (κ2) is 16.3. The highest BCUT2D eigenvalue weighted by molar-refractivity contribution is 5.91. The molecule has 0 aliphatic heterocycles. The van der Waals surface area contributed by atoms with Crippen LogP contribution in [0.1, 0.15) is 158 Å². The third-order valence-corrected chi connectivity index (χ3v) is 10.3. The van der Waals surface area contributed by atoms with Crippen LogP contribution in [-0.2, 0) is 14.4 Å². The average Bonchev–Trinajstić information content (AvgIpc) is 3.21. The van der Waals surface area contributed by atoms with Gasteiger partial charge in [-0.05, 0) is 68.6 Å². The molecule has 2 amide bonds. The Balaban J connectivity index is 2.29. The fraction of sp³-hybridized carbons (Fsp3) is 0.912. The van der Waals surface area contributed by atoms with Crippen LogP contribution in [0, 0.1) is 16.7 Å². The van der Waals surface area contributed by atoms with Crippen molar-refractivity contribution in [3.8, 4) is 0 Å². The van der Waals surface area contributed by atoms with E-state index in [-0.39, 0.29) is 29.2 Å². The van der Waals surface area contributed by atoms with Crippen LogP contribution in [0.15, 0.2) is 0 Å². The van der Waals surface area contributed by atoms with E-state index in [1.54, 1.807) is 13.8 Å². The molecular weight excluding hydrogens is 514 g/mol. The summed E-state index contributed by atoms with van der Waals surface area (Å²) in [7, 11) is 0. The van der Waals surface area contributed by atoms with Gasteiger partial charge >= 0.3 is 5.97 Å². The number of aliphatic carboxylic acids is 1. The van der Waals surface area contributed by atoms with E-state index in [4.69, 9.17) is 0 Å². The molecule has 2 fully saturated rings. The first kappa shape index (κ1) is 35.6. The molecule has 0 aromatic carbocycles. The number of hydrogen-bond donors (Lipinski definition) is 4. The molecule has 0 radical (unpaired) electrons. The van der Waals surface area contributed by atoms with Gasteiger partial charge in [0.15, 0.2) is 0 Å². The van der Waals surface area contributed by atoms with E-state index < -0.39 is 30.0 Å². The van der Waals surface area contributed by atoms with Crippen LogP contribution >= 0.6 is 0 Å². The zero-order valence-electron chi connectivity index (χ0n) is 27.5. The predicted molar refractivity (Wildman–Crippen MR) is 168 cm³/mol. The average molecular weight is 578 g/mol.